The number of hydrogen-bond acceptors (Lipinski definition) is 2. The smallest absolute Gasteiger partial charge is 0.134 e. The van der Waals surface area contributed by atoms with Gasteiger partial charge in [0.2, 0.25) is 0 Å². The van der Waals surface area contributed by atoms with E-state index >= 15 is 0 Å². The molecule has 1 aromatic heterocycles. The summed E-state index contributed by atoms with van der Waals surface area (Å²) in [6.45, 7) is 1.91. The first kappa shape index (κ1) is 9.16. The Morgan fingerprint density at radius 2 is 2.00 bits per heavy atom. The molecule has 0 aliphatic heterocycles. The maximum Gasteiger partial charge on any atom is 0.134 e. The van der Waals surface area contributed by atoms with Crippen molar-refractivity contribution in [1.82, 2.24) is 0 Å². The molecule has 14 heavy (non-hydrogen) atoms. The van der Waals surface area contributed by atoms with Crippen molar-refractivity contribution in [2.75, 3.05) is 5.73 Å². The van der Waals surface area contributed by atoms with Crippen molar-refractivity contribution in [3.8, 4) is 11.3 Å². The predicted molar refractivity (Wildman–Crippen MR) is 58.3 cm³/mol. The van der Waals surface area contributed by atoms with Crippen LogP contribution in [0.25, 0.3) is 11.3 Å². The fourth-order valence-electron chi connectivity index (χ4n) is 1.29. The van der Waals surface area contributed by atoms with Gasteiger partial charge in [-0.1, -0.05) is 11.6 Å². The first-order valence-corrected chi connectivity index (χ1v) is 4.66. The second-order valence-electron chi connectivity index (χ2n) is 3.15. The topological polar surface area (TPSA) is 39.2 Å². The molecule has 0 saturated carbocycles. The van der Waals surface area contributed by atoms with Gasteiger partial charge in [0, 0.05) is 5.56 Å². The zero-order valence-electron chi connectivity index (χ0n) is 7.75. The van der Waals surface area contributed by atoms with E-state index in [1.165, 1.54) is 0 Å². The summed E-state index contributed by atoms with van der Waals surface area (Å²) in [4.78, 5) is 0. The number of nitrogen functional groups attached to an aromatic ring is 1. The Balaban J connectivity index is 2.47. The van der Waals surface area contributed by atoms with E-state index in [4.69, 9.17) is 21.8 Å². The third kappa shape index (κ3) is 1.61. The minimum absolute atomic E-state index is 0.567. The Morgan fingerprint density at radius 3 is 2.57 bits per heavy atom. The van der Waals surface area contributed by atoms with E-state index in [0.29, 0.717) is 10.7 Å². The SMILES string of the molecule is Cc1ccc(-c2ccc(Cl)c(N)c2)o1. The van der Waals surface area contributed by atoms with Gasteiger partial charge in [-0.25, -0.2) is 0 Å². The Kier molecular flexibility index (Phi) is 2.22. The molecule has 0 atom stereocenters. The van der Waals surface area contributed by atoms with Gasteiger partial charge in [0.25, 0.3) is 0 Å². The maximum absolute atomic E-state index is 5.82. The summed E-state index contributed by atoms with van der Waals surface area (Å²) in [7, 11) is 0. The van der Waals surface area contributed by atoms with Crippen LogP contribution in [0.2, 0.25) is 5.02 Å². The van der Waals surface area contributed by atoms with Crippen LogP contribution in [0.15, 0.2) is 34.7 Å². The summed E-state index contributed by atoms with van der Waals surface area (Å²) in [5.41, 5.74) is 7.20. The lowest BCUT2D eigenvalue weighted by atomic mass is 10.1. The predicted octanol–water partition coefficient (Wildman–Crippen LogP) is 3.49. The molecular formula is C11H10ClNO. The van der Waals surface area contributed by atoms with Crippen LogP contribution in [0.5, 0.6) is 0 Å². The third-order valence-electron chi connectivity index (χ3n) is 2.02. The highest BCUT2D eigenvalue weighted by molar-refractivity contribution is 6.33. The molecule has 1 heterocycles. The van der Waals surface area contributed by atoms with Crippen LogP contribution in [0, 0.1) is 6.92 Å². The van der Waals surface area contributed by atoms with E-state index in [9.17, 15) is 0 Å². The summed E-state index contributed by atoms with van der Waals surface area (Å²) in [5.74, 6) is 1.69. The molecule has 0 unspecified atom stereocenters. The highest BCUT2D eigenvalue weighted by Crippen LogP contribution is 2.27. The van der Waals surface area contributed by atoms with E-state index in [2.05, 4.69) is 0 Å². The Hall–Kier alpha value is -1.41. The van der Waals surface area contributed by atoms with Gasteiger partial charge < -0.3 is 10.2 Å². The van der Waals surface area contributed by atoms with Crippen LogP contribution in [0.4, 0.5) is 5.69 Å². The van der Waals surface area contributed by atoms with Gasteiger partial charge in [0.05, 0.1) is 10.7 Å². The monoisotopic (exact) mass is 207 g/mol. The summed E-state index contributed by atoms with van der Waals surface area (Å²) in [6.07, 6.45) is 0. The Labute approximate surface area is 87.3 Å². The number of hydrogen-bond donors (Lipinski definition) is 1. The molecule has 2 aromatic rings. The summed E-state index contributed by atoms with van der Waals surface area (Å²) < 4.78 is 5.47. The molecule has 3 heteroatoms. The van der Waals surface area contributed by atoms with E-state index in [1.807, 2.05) is 25.1 Å². The van der Waals surface area contributed by atoms with Gasteiger partial charge in [-0.15, -0.1) is 0 Å². The average Bonchev–Trinajstić information content (AvgIpc) is 2.57. The molecule has 0 saturated heterocycles. The van der Waals surface area contributed by atoms with Crippen molar-refractivity contribution in [1.29, 1.82) is 0 Å². The molecule has 1 aromatic carbocycles. The van der Waals surface area contributed by atoms with E-state index in [1.54, 1.807) is 12.1 Å². The van der Waals surface area contributed by atoms with Crippen LogP contribution >= 0.6 is 11.6 Å². The molecule has 72 valence electrons. The number of benzene rings is 1. The minimum Gasteiger partial charge on any atom is -0.461 e. The van der Waals surface area contributed by atoms with Crippen molar-refractivity contribution in [3.05, 3.63) is 41.1 Å². The second-order valence-corrected chi connectivity index (χ2v) is 3.55. The number of anilines is 1. The zero-order valence-corrected chi connectivity index (χ0v) is 8.51. The molecule has 2 rings (SSSR count). The van der Waals surface area contributed by atoms with Gasteiger partial charge in [-0.05, 0) is 37.3 Å². The highest BCUT2D eigenvalue weighted by atomic mass is 35.5. The van der Waals surface area contributed by atoms with Crippen molar-refractivity contribution >= 4 is 17.3 Å². The van der Waals surface area contributed by atoms with Crippen LogP contribution in [0.3, 0.4) is 0 Å². The van der Waals surface area contributed by atoms with Crippen molar-refractivity contribution in [2.24, 2.45) is 0 Å². The van der Waals surface area contributed by atoms with Crippen LogP contribution in [0.1, 0.15) is 5.76 Å². The maximum atomic E-state index is 5.82. The van der Waals surface area contributed by atoms with Crippen molar-refractivity contribution in [3.63, 3.8) is 0 Å². The first-order valence-electron chi connectivity index (χ1n) is 4.28. The number of nitrogens with two attached hydrogens (primary N) is 1. The highest BCUT2D eigenvalue weighted by Gasteiger charge is 2.04. The molecule has 2 N–H and O–H groups in total. The van der Waals surface area contributed by atoms with Gasteiger partial charge in [-0.3, -0.25) is 0 Å². The molecule has 0 aliphatic carbocycles. The molecule has 0 bridgehead atoms. The number of aryl methyl sites for hydroxylation is 1. The normalized spacial score (nSPS) is 10.4. The number of furan rings is 1. The molecule has 0 radical (unpaired) electrons. The lowest BCUT2D eigenvalue weighted by Gasteiger charge is -2.00. The van der Waals surface area contributed by atoms with Gasteiger partial charge in [0.1, 0.15) is 11.5 Å². The summed E-state index contributed by atoms with van der Waals surface area (Å²) in [5, 5.41) is 0.567. The van der Waals surface area contributed by atoms with Gasteiger partial charge in [-0.2, -0.15) is 0 Å². The first-order chi connectivity index (χ1) is 6.66. The number of halogens is 1. The van der Waals surface area contributed by atoms with E-state index in [0.717, 1.165) is 17.1 Å². The Morgan fingerprint density at radius 1 is 1.21 bits per heavy atom. The Bertz CT molecular complexity index is 462. The molecule has 0 aliphatic rings. The fraction of sp³-hybridized carbons (Fsp3) is 0.0909. The van der Waals surface area contributed by atoms with Crippen LogP contribution in [-0.4, -0.2) is 0 Å². The summed E-state index contributed by atoms with van der Waals surface area (Å²) in [6, 6.07) is 9.29. The number of rotatable bonds is 1. The summed E-state index contributed by atoms with van der Waals surface area (Å²) >= 11 is 5.82. The zero-order chi connectivity index (χ0) is 10.1. The average molecular weight is 208 g/mol. The molecule has 0 amide bonds. The van der Waals surface area contributed by atoms with Crippen molar-refractivity contribution in [2.45, 2.75) is 6.92 Å². The van der Waals surface area contributed by atoms with Crippen LogP contribution in [-0.2, 0) is 0 Å². The quantitative estimate of drug-likeness (QED) is 0.727. The van der Waals surface area contributed by atoms with E-state index in [-0.39, 0.29) is 0 Å². The fourth-order valence-corrected chi connectivity index (χ4v) is 1.40. The minimum atomic E-state index is 0.567. The molecule has 0 fully saturated rings. The van der Waals surface area contributed by atoms with Crippen LogP contribution < -0.4 is 5.73 Å². The standard InChI is InChI=1S/C11H10ClNO/c1-7-2-5-11(14-7)8-3-4-9(12)10(13)6-8/h2-6H,13H2,1H3. The van der Waals surface area contributed by atoms with Gasteiger partial charge in [0.15, 0.2) is 0 Å². The van der Waals surface area contributed by atoms with Crippen molar-refractivity contribution < 1.29 is 4.42 Å². The molecular weight excluding hydrogens is 198 g/mol. The lowest BCUT2D eigenvalue weighted by Crippen LogP contribution is -1.86. The lowest BCUT2D eigenvalue weighted by molar-refractivity contribution is 0.548. The largest absolute Gasteiger partial charge is 0.461 e. The molecule has 2 nitrogen and oxygen atoms in total. The van der Waals surface area contributed by atoms with Gasteiger partial charge >= 0.3 is 0 Å². The third-order valence-corrected chi connectivity index (χ3v) is 2.37. The second kappa shape index (κ2) is 3.39. The molecule has 0 spiro atoms. The van der Waals surface area contributed by atoms with E-state index < -0.39 is 0 Å².